The number of hydrogen-bond acceptors (Lipinski definition) is 2. The fraction of sp³-hybridized carbons (Fsp3) is 0.263. The second-order valence-electron chi connectivity index (χ2n) is 5.51. The van der Waals surface area contributed by atoms with E-state index in [2.05, 4.69) is 54.8 Å². The summed E-state index contributed by atoms with van der Waals surface area (Å²) in [6, 6.07) is 14.6. The Labute approximate surface area is 131 Å². The van der Waals surface area contributed by atoms with Crippen molar-refractivity contribution in [3.05, 3.63) is 59.3 Å². The first-order valence-corrected chi connectivity index (χ1v) is 7.41. The normalized spacial score (nSPS) is 10.9. The minimum atomic E-state index is 0.766. The summed E-state index contributed by atoms with van der Waals surface area (Å²) >= 11 is 0. The van der Waals surface area contributed by atoms with E-state index in [0.717, 1.165) is 18.0 Å². The van der Waals surface area contributed by atoms with Crippen LogP contribution in [0.25, 0.3) is 10.9 Å². The lowest BCUT2D eigenvalue weighted by Crippen LogP contribution is -2.02. The van der Waals surface area contributed by atoms with Gasteiger partial charge in [0.15, 0.2) is 11.5 Å². The van der Waals surface area contributed by atoms with Crippen molar-refractivity contribution in [2.45, 2.75) is 20.4 Å². The zero-order chi connectivity index (χ0) is 15.7. The number of aryl methyl sites for hydroxylation is 1. The fourth-order valence-corrected chi connectivity index (χ4v) is 2.94. The van der Waals surface area contributed by atoms with Gasteiger partial charge in [0.25, 0.3) is 0 Å². The van der Waals surface area contributed by atoms with Crippen molar-refractivity contribution in [3.63, 3.8) is 0 Å². The number of fused-ring (bicyclic) bond motifs is 1. The summed E-state index contributed by atoms with van der Waals surface area (Å²) in [7, 11) is 3.35. The number of nitrogens with zero attached hydrogens (tertiary/aromatic N) is 1. The van der Waals surface area contributed by atoms with Gasteiger partial charge in [-0.3, -0.25) is 0 Å². The lowest BCUT2D eigenvalue weighted by atomic mass is 10.1. The van der Waals surface area contributed by atoms with Crippen LogP contribution in [0.4, 0.5) is 0 Å². The molecule has 1 aromatic heterocycles. The molecule has 22 heavy (non-hydrogen) atoms. The minimum absolute atomic E-state index is 0.766. The SMILES string of the molecule is COc1cc2c(C)c(C)n(Cc3ccccc3)c2cc1OC. The van der Waals surface area contributed by atoms with Crippen molar-refractivity contribution < 1.29 is 9.47 Å². The summed E-state index contributed by atoms with van der Waals surface area (Å²) in [4.78, 5) is 0. The van der Waals surface area contributed by atoms with E-state index in [1.165, 1.54) is 27.7 Å². The van der Waals surface area contributed by atoms with Gasteiger partial charge in [-0.05, 0) is 31.0 Å². The average Bonchev–Trinajstić information content (AvgIpc) is 2.79. The Morgan fingerprint density at radius 2 is 1.55 bits per heavy atom. The van der Waals surface area contributed by atoms with Gasteiger partial charge in [-0.25, -0.2) is 0 Å². The Balaban J connectivity index is 2.19. The molecule has 0 fully saturated rings. The molecule has 0 spiro atoms. The highest BCUT2D eigenvalue weighted by atomic mass is 16.5. The number of rotatable bonds is 4. The number of aromatic nitrogens is 1. The minimum Gasteiger partial charge on any atom is -0.493 e. The summed E-state index contributed by atoms with van der Waals surface area (Å²) in [6.07, 6.45) is 0. The van der Waals surface area contributed by atoms with Crippen LogP contribution in [0.3, 0.4) is 0 Å². The molecule has 0 N–H and O–H groups in total. The molecule has 1 heterocycles. The van der Waals surface area contributed by atoms with Gasteiger partial charge < -0.3 is 14.0 Å². The summed E-state index contributed by atoms with van der Waals surface area (Å²) < 4.78 is 13.2. The summed E-state index contributed by atoms with van der Waals surface area (Å²) in [5.41, 5.74) is 5.02. The molecule has 0 saturated carbocycles. The van der Waals surface area contributed by atoms with Gasteiger partial charge in [-0.2, -0.15) is 0 Å². The molecule has 0 aliphatic carbocycles. The van der Waals surface area contributed by atoms with Crippen molar-refractivity contribution in [2.75, 3.05) is 14.2 Å². The summed E-state index contributed by atoms with van der Waals surface area (Å²) in [5, 5.41) is 1.21. The molecule has 3 nitrogen and oxygen atoms in total. The molecule has 3 rings (SSSR count). The van der Waals surface area contributed by atoms with E-state index in [0.29, 0.717) is 0 Å². The number of benzene rings is 2. The topological polar surface area (TPSA) is 23.4 Å². The third-order valence-electron chi connectivity index (χ3n) is 4.33. The maximum absolute atomic E-state index is 5.46. The maximum Gasteiger partial charge on any atom is 0.162 e. The lowest BCUT2D eigenvalue weighted by Gasteiger charge is -2.11. The number of methoxy groups -OCH3 is 2. The Kier molecular flexibility index (Phi) is 3.80. The molecule has 0 unspecified atom stereocenters. The quantitative estimate of drug-likeness (QED) is 0.715. The predicted molar refractivity (Wildman–Crippen MR) is 90.1 cm³/mol. The highest BCUT2D eigenvalue weighted by Gasteiger charge is 2.15. The van der Waals surface area contributed by atoms with Gasteiger partial charge >= 0.3 is 0 Å². The molecule has 0 aliphatic heterocycles. The molecule has 0 aliphatic rings. The monoisotopic (exact) mass is 295 g/mol. The molecule has 2 aromatic carbocycles. The Bertz CT molecular complexity index is 803. The van der Waals surface area contributed by atoms with Crippen LogP contribution in [0, 0.1) is 13.8 Å². The molecular weight excluding hydrogens is 274 g/mol. The zero-order valence-corrected chi connectivity index (χ0v) is 13.5. The molecule has 0 bridgehead atoms. The fourth-order valence-electron chi connectivity index (χ4n) is 2.94. The van der Waals surface area contributed by atoms with Crippen LogP contribution in [0.2, 0.25) is 0 Å². The van der Waals surface area contributed by atoms with E-state index in [-0.39, 0.29) is 0 Å². The predicted octanol–water partition coefficient (Wildman–Crippen LogP) is 4.32. The highest BCUT2D eigenvalue weighted by molar-refractivity contribution is 5.88. The molecule has 3 aromatic rings. The molecule has 0 saturated heterocycles. The van der Waals surface area contributed by atoms with Gasteiger partial charge in [0.1, 0.15) is 0 Å². The number of hydrogen-bond donors (Lipinski definition) is 0. The van der Waals surface area contributed by atoms with Gasteiger partial charge in [-0.1, -0.05) is 30.3 Å². The molecule has 0 radical (unpaired) electrons. The van der Waals surface area contributed by atoms with Crippen LogP contribution in [0.15, 0.2) is 42.5 Å². The third kappa shape index (κ3) is 2.33. The molecule has 0 atom stereocenters. The van der Waals surface area contributed by atoms with Crippen LogP contribution in [-0.2, 0) is 6.54 Å². The smallest absolute Gasteiger partial charge is 0.162 e. The number of ether oxygens (including phenoxy) is 2. The second kappa shape index (κ2) is 5.76. The largest absolute Gasteiger partial charge is 0.493 e. The molecule has 3 heteroatoms. The van der Waals surface area contributed by atoms with Crippen LogP contribution in [0.1, 0.15) is 16.8 Å². The Morgan fingerprint density at radius 3 is 2.18 bits per heavy atom. The van der Waals surface area contributed by atoms with Crippen molar-refractivity contribution in [3.8, 4) is 11.5 Å². The standard InChI is InChI=1S/C19H21NO2/c1-13-14(2)20(12-15-8-6-5-7-9-15)17-11-19(22-4)18(21-3)10-16(13)17/h5-11H,12H2,1-4H3. The second-order valence-corrected chi connectivity index (χ2v) is 5.51. The van der Waals surface area contributed by atoms with E-state index >= 15 is 0 Å². The van der Waals surface area contributed by atoms with Gasteiger partial charge in [0.05, 0.1) is 19.7 Å². The zero-order valence-electron chi connectivity index (χ0n) is 13.5. The van der Waals surface area contributed by atoms with Gasteiger partial charge in [-0.15, -0.1) is 0 Å². The van der Waals surface area contributed by atoms with Crippen molar-refractivity contribution in [1.82, 2.24) is 4.57 Å². The Morgan fingerprint density at radius 1 is 0.909 bits per heavy atom. The third-order valence-corrected chi connectivity index (χ3v) is 4.33. The van der Waals surface area contributed by atoms with E-state index in [1.807, 2.05) is 6.07 Å². The van der Waals surface area contributed by atoms with E-state index < -0.39 is 0 Å². The van der Waals surface area contributed by atoms with Crippen LogP contribution in [0.5, 0.6) is 11.5 Å². The van der Waals surface area contributed by atoms with Crippen molar-refractivity contribution >= 4 is 10.9 Å². The van der Waals surface area contributed by atoms with Crippen molar-refractivity contribution in [1.29, 1.82) is 0 Å². The lowest BCUT2D eigenvalue weighted by molar-refractivity contribution is 0.355. The van der Waals surface area contributed by atoms with Crippen molar-refractivity contribution in [2.24, 2.45) is 0 Å². The highest BCUT2D eigenvalue weighted by Crippen LogP contribution is 2.36. The molecule has 114 valence electrons. The molecular formula is C19H21NO2. The van der Waals surface area contributed by atoms with Crippen LogP contribution >= 0.6 is 0 Å². The van der Waals surface area contributed by atoms with Crippen LogP contribution < -0.4 is 9.47 Å². The van der Waals surface area contributed by atoms with Crippen LogP contribution in [-0.4, -0.2) is 18.8 Å². The van der Waals surface area contributed by atoms with E-state index in [4.69, 9.17) is 9.47 Å². The first-order chi connectivity index (χ1) is 10.7. The molecule has 0 amide bonds. The van der Waals surface area contributed by atoms with E-state index in [1.54, 1.807) is 14.2 Å². The summed E-state index contributed by atoms with van der Waals surface area (Å²) in [6.45, 7) is 5.18. The average molecular weight is 295 g/mol. The Hall–Kier alpha value is -2.42. The van der Waals surface area contributed by atoms with Gasteiger partial charge in [0.2, 0.25) is 0 Å². The van der Waals surface area contributed by atoms with E-state index in [9.17, 15) is 0 Å². The first kappa shape index (κ1) is 14.5. The first-order valence-electron chi connectivity index (χ1n) is 7.41. The van der Waals surface area contributed by atoms with Gasteiger partial charge in [0, 0.05) is 23.7 Å². The summed E-state index contributed by atoms with van der Waals surface area (Å²) in [5.74, 6) is 1.54. The maximum atomic E-state index is 5.46.